The molecule has 3 aromatic rings. The number of hydrogen-bond donors (Lipinski definition) is 1. The minimum absolute atomic E-state index is 0.247. The van der Waals surface area contributed by atoms with Crippen molar-refractivity contribution >= 4 is 22.4 Å². The van der Waals surface area contributed by atoms with Gasteiger partial charge in [-0.3, -0.25) is 19.7 Å². The molecule has 1 fully saturated rings. The lowest BCUT2D eigenvalue weighted by Gasteiger charge is -2.25. The molecule has 154 valence electrons. The number of nitrogens with zero attached hydrogens (tertiary/aromatic N) is 5. The van der Waals surface area contributed by atoms with Crippen LogP contribution in [0.3, 0.4) is 0 Å². The number of hydrogen-bond acceptors (Lipinski definition) is 8. The second-order valence-electron chi connectivity index (χ2n) is 7.05. The van der Waals surface area contributed by atoms with E-state index >= 15 is 0 Å². The van der Waals surface area contributed by atoms with Gasteiger partial charge in [-0.2, -0.15) is 5.10 Å². The molecule has 1 aliphatic rings. The Balaban J connectivity index is 1.30. The van der Waals surface area contributed by atoms with Crippen molar-refractivity contribution in [3.63, 3.8) is 0 Å². The smallest absolute Gasteiger partial charge is 0.260 e. The van der Waals surface area contributed by atoms with Crippen LogP contribution in [0.1, 0.15) is 32.5 Å². The molecule has 0 unspecified atom stereocenters. The molecule has 0 aliphatic carbocycles. The van der Waals surface area contributed by atoms with E-state index in [0.717, 1.165) is 55.0 Å². The molecule has 1 aliphatic heterocycles. The lowest BCUT2D eigenvalue weighted by molar-refractivity contribution is 0.0313. The van der Waals surface area contributed by atoms with Crippen molar-refractivity contribution in [2.75, 3.05) is 31.6 Å². The van der Waals surface area contributed by atoms with Gasteiger partial charge >= 0.3 is 0 Å². The molecule has 1 N–H and O–H groups in total. The summed E-state index contributed by atoms with van der Waals surface area (Å²) in [6.45, 7) is 8.61. The van der Waals surface area contributed by atoms with Crippen LogP contribution in [0.5, 0.6) is 0 Å². The van der Waals surface area contributed by atoms with Crippen LogP contribution in [0.25, 0.3) is 0 Å². The Kier molecular flexibility index (Phi) is 6.02. The van der Waals surface area contributed by atoms with Gasteiger partial charge in [0, 0.05) is 31.7 Å². The van der Waals surface area contributed by atoms with E-state index in [9.17, 15) is 4.79 Å². The number of carbonyl (C=O) groups excluding carboxylic acids is 1. The largest absolute Gasteiger partial charge is 0.467 e. The Labute approximate surface area is 172 Å². The summed E-state index contributed by atoms with van der Waals surface area (Å²) in [5, 5.41) is 16.8. The third kappa shape index (κ3) is 5.08. The van der Waals surface area contributed by atoms with Crippen molar-refractivity contribution in [1.82, 2.24) is 24.9 Å². The zero-order chi connectivity index (χ0) is 20.2. The number of anilines is 1. The fraction of sp³-hybridized carbons (Fsp3) is 0.474. The Bertz CT molecular complexity index is 972. The van der Waals surface area contributed by atoms with Crippen LogP contribution >= 0.6 is 11.3 Å². The molecular weight excluding hydrogens is 392 g/mol. The average Bonchev–Trinajstić information content (AvgIpc) is 3.42. The molecule has 3 aromatic heterocycles. The molecule has 4 heterocycles. The van der Waals surface area contributed by atoms with Crippen molar-refractivity contribution in [3.8, 4) is 0 Å². The van der Waals surface area contributed by atoms with Crippen LogP contribution in [0.2, 0.25) is 0 Å². The molecule has 29 heavy (non-hydrogen) atoms. The molecule has 9 nitrogen and oxygen atoms in total. The predicted molar refractivity (Wildman–Crippen MR) is 108 cm³/mol. The highest BCUT2D eigenvalue weighted by atomic mass is 32.1. The second-order valence-corrected chi connectivity index (χ2v) is 8.11. The summed E-state index contributed by atoms with van der Waals surface area (Å²) in [5.74, 6) is 0.517. The number of amides is 1. The lowest BCUT2D eigenvalue weighted by atomic mass is 10.3. The minimum atomic E-state index is -0.247. The third-order valence-corrected chi connectivity index (χ3v) is 5.63. The molecule has 0 spiro atoms. The van der Waals surface area contributed by atoms with E-state index in [1.54, 1.807) is 6.07 Å². The summed E-state index contributed by atoms with van der Waals surface area (Å²) in [4.78, 5) is 14.7. The Morgan fingerprint density at radius 3 is 2.83 bits per heavy atom. The van der Waals surface area contributed by atoms with E-state index in [0.29, 0.717) is 23.7 Å². The van der Waals surface area contributed by atoms with Crippen LogP contribution in [-0.2, 0) is 24.2 Å². The quantitative estimate of drug-likeness (QED) is 0.631. The van der Waals surface area contributed by atoms with Gasteiger partial charge < -0.3 is 9.15 Å². The van der Waals surface area contributed by atoms with Crippen molar-refractivity contribution < 1.29 is 13.9 Å². The third-order valence-electron chi connectivity index (χ3n) is 4.73. The first-order valence-electron chi connectivity index (χ1n) is 9.59. The van der Waals surface area contributed by atoms with Crippen LogP contribution < -0.4 is 5.32 Å². The standard InChI is InChI=1S/C19H24N6O3S/c1-13-9-14(2)25(23-13)4-3-17-21-22-19(29-17)20-18(26)15-10-16(28-12-15)11-24-5-7-27-8-6-24/h9-10,12H,3-8,11H2,1-2H3,(H,20,22,26). The first-order chi connectivity index (χ1) is 14.1. The van der Waals surface area contributed by atoms with Crippen molar-refractivity contribution in [1.29, 1.82) is 0 Å². The van der Waals surface area contributed by atoms with Crippen LogP contribution in [-0.4, -0.2) is 57.1 Å². The number of rotatable bonds is 7. The van der Waals surface area contributed by atoms with Crippen LogP contribution in [0, 0.1) is 13.8 Å². The SMILES string of the molecule is Cc1cc(C)n(CCc2nnc(NC(=O)c3coc(CN4CCOCC4)c3)s2)n1. The van der Waals surface area contributed by atoms with Crippen LogP contribution in [0.15, 0.2) is 22.8 Å². The fourth-order valence-electron chi connectivity index (χ4n) is 3.24. The Morgan fingerprint density at radius 1 is 1.24 bits per heavy atom. The predicted octanol–water partition coefficient (Wildman–Crippen LogP) is 2.27. The summed E-state index contributed by atoms with van der Waals surface area (Å²) >= 11 is 1.38. The Hall–Kier alpha value is -2.56. The van der Waals surface area contributed by atoms with Gasteiger partial charge in [0.05, 0.1) is 31.0 Å². The Morgan fingerprint density at radius 2 is 2.07 bits per heavy atom. The fourth-order valence-corrected chi connectivity index (χ4v) is 3.96. The van der Waals surface area contributed by atoms with Gasteiger partial charge in [-0.1, -0.05) is 11.3 Å². The molecule has 1 saturated heterocycles. The topological polar surface area (TPSA) is 98.3 Å². The van der Waals surface area contributed by atoms with Gasteiger partial charge in [0.1, 0.15) is 17.0 Å². The lowest BCUT2D eigenvalue weighted by Crippen LogP contribution is -2.35. The number of ether oxygens (including phenoxy) is 1. The molecule has 0 bridgehead atoms. The van der Waals surface area contributed by atoms with E-state index in [-0.39, 0.29) is 5.91 Å². The van der Waals surface area contributed by atoms with Crippen molar-refractivity contribution in [2.24, 2.45) is 0 Å². The molecular formula is C19H24N6O3S. The van der Waals surface area contributed by atoms with Gasteiger partial charge in [-0.05, 0) is 26.0 Å². The summed E-state index contributed by atoms with van der Waals surface area (Å²) in [6, 6.07) is 3.82. The summed E-state index contributed by atoms with van der Waals surface area (Å²) < 4.78 is 12.8. The number of furan rings is 1. The maximum atomic E-state index is 12.5. The molecule has 10 heteroatoms. The molecule has 1 amide bonds. The van der Waals surface area contributed by atoms with E-state index in [2.05, 4.69) is 25.5 Å². The highest BCUT2D eigenvalue weighted by Gasteiger charge is 2.16. The highest BCUT2D eigenvalue weighted by molar-refractivity contribution is 7.15. The monoisotopic (exact) mass is 416 g/mol. The number of aromatic nitrogens is 4. The maximum Gasteiger partial charge on any atom is 0.260 e. The number of carbonyl (C=O) groups is 1. The zero-order valence-electron chi connectivity index (χ0n) is 16.6. The van der Waals surface area contributed by atoms with Crippen molar-refractivity contribution in [3.05, 3.63) is 46.1 Å². The van der Waals surface area contributed by atoms with Crippen LogP contribution in [0.4, 0.5) is 5.13 Å². The normalized spacial score (nSPS) is 15.0. The van der Waals surface area contributed by atoms with Gasteiger partial charge in [-0.25, -0.2) is 0 Å². The minimum Gasteiger partial charge on any atom is -0.467 e. The van der Waals surface area contributed by atoms with E-state index in [1.165, 1.54) is 17.6 Å². The molecule has 0 atom stereocenters. The summed E-state index contributed by atoms with van der Waals surface area (Å²) in [5.41, 5.74) is 2.60. The maximum absolute atomic E-state index is 12.5. The number of aryl methyl sites for hydroxylation is 4. The van der Waals surface area contributed by atoms with Gasteiger partial charge in [0.2, 0.25) is 5.13 Å². The molecule has 4 rings (SSSR count). The van der Waals surface area contributed by atoms with E-state index in [1.807, 2.05) is 24.6 Å². The molecule has 0 radical (unpaired) electrons. The van der Waals surface area contributed by atoms with E-state index in [4.69, 9.17) is 9.15 Å². The first kappa shape index (κ1) is 19.7. The summed E-state index contributed by atoms with van der Waals surface area (Å²) in [6.07, 6.45) is 2.20. The van der Waals surface area contributed by atoms with Crippen molar-refractivity contribution in [2.45, 2.75) is 33.4 Å². The number of nitrogens with one attached hydrogen (secondary N) is 1. The van der Waals surface area contributed by atoms with Gasteiger partial charge in [0.15, 0.2) is 0 Å². The zero-order valence-corrected chi connectivity index (χ0v) is 17.4. The summed E-state index contributed by atoms with van der Waals surface area (Å²) in [7, 11) is 0. The molecule has 0 aromatic carbocycles. The van der Waals surface area contributed by atoms with Gasteiger partial charge in [0.25, 0.3) is 5.91 Å². The van der Waals surface area contributed by atoms with Gasteiger partial charge in [-0.15, -0.1) is 10.2 Å². The first-order valence-corrected chi connectivity index (χ1v) is 10.4. The highest BCUT2D eigenvalue weighted by Crippen LogP contribution is 2.19. The number of morpholine rings is 1. The average molecular weight is 417 g/mol. The second kappa shape index (κ2) is 8.85. The molecule has 0 saturated carbocycles. The van der Waals surface area contributed by atoms with E-state index < -0.39 is 0 Å².